The summed E-state index contributed by atoms with van der Waals surface area (Å²) in [5.74, 6) is 0.953. The summed E-state index contributed by atoms with van der Waals surface area (Å²) < 4.78 is 12.0. The Morgan fingerprint density at radius 2 is 2.11 bits per heavy atom. The number of carbonyl (C=O) groups is 1. The van der Waals surface area contributed by atoms with Crippen LogP contribution in [0.4, 0.5) is 5.13 Å². The number of rotatable bonds is 6. The zero-order valence-electron chi connectivity index (χ0n) is 15.1. The third-order valence-electron chi connectivity index (χ3n) is 3.86. The van der Waals surface area contributed by atoms with Gasteiger partial charge in [-0.15, -0.1) is 10.2 Å². The van der Waals surface area contributed by atoms with Crippen molar-refractivity contribution in [2.24, 2.45) is 0 Å². The lowest BCUT2D eigenvalue weighted by molar-refractivity contribution is -0.113. The Labute approximate surface area is 169 Å². The smallest absolute Gasteiger partial charge is 0.277 e. The zero-order valence-corrected chi connectivity index (χ0v) is 16.8. The summed E-state index contributed by atoms with van der Waals surface area (Å²) in [4.78, 5) is 16.7. The fraction of sp³-hybridized carbons (Fsp3) is 0.158. The monoisotopic (exact) mass is 412 g/mol. The van der Waals surface area contributed by atoms with Gasteiger partial charge in [-0.25, -0.2) is 4.98 Å². The van der Waals surface area contributed by atoms with Gasteiger partial charge in [0.2, 0.25) is 5.91 Å². The number of amides is 1. The van der Waals surface area contributed by atoms with E-state index in [1.807, 2.05) is 43.3 Å². The number of aryl methyl sites for hydroxylation is 1. The number of hydrogen-bond acceptors (Lipinski definition) is 8. The Bertz CT molecular complexity index is 1140. The first-order valence-corrected chi connectivity index (χ1v) is 10.2. The molecule has 2 aromatic heterocycles. The largest absolute Gasteiger partial charge is 0.496 e. The number of para-hydroxylation sites is 1. The number of thiazole rings is 1. The van der Waals surface area contributed by atoms with E-state index >= 15 is 0 Å². The number of anilines is 1. The van der Waals surface area contributed by atoms with Crippen molar-refractivity contribution in [2.75, 3.05) is 18.2 Å². The summed E-state index contributed by atoms with van der Waals surface area (Å²) in [5, 5.41) is 11.7. The van der Waals surface area contributed by atoms with Crippen molar-refractivity contribution < 1.29 is 13.9 Å². The van der Waals surface area contributed by atoms with Gasteiger partial charge in [0.1, 0.15) is 5.75 Å². The molecule has 0 aliphatic rings. The molecule has 0 radical (unpaired) electrons. The first kappa shape index (κ1) is 18.5. The van der Waals surface area contributed by atoms with Crippen LogP contribution in [0.1, 0.15) is 5.56 Å². The van der Waals surface area contributed by atoms with Crippen LogP contribution in [0.25, 0.3) is 21.7 Å². The second kappa shape index (κ2) is 7.99. The van der Waals surface area contributed by atoms with E-state index in [-0.39, 0.29) is 11.7 Å². The number of methoxy groups -OCH3 is 1. The van der Waals surface area contributed by atoms with Crippen molar-refractivity contribution in [3.63, 3.8) is 0 Å². The number of fused-ring (bicyclic) bond motifs is 1. The lowest BCUT2D eigenvalue weighted by atomic mass is 10.2. The molecule has 0 saturated carbocycles. The van der Waals surface area contributed by atoms with Crippen molar-refractivity contribution >= 4 is 44.4 Å². The average Bonchev–Trinajstić information content (AvgIpc) is 3.32. The molecule has 0 aliphatic heterocycles. The number of benzene rings is 2. The molecule has 0 atom stereocenters. The summed E-state index contributed by atoms with van der Waals surface area (Å²) in [6, 6.07) is 13.4. The van der Waals surface area contributed by atoms with Crippen LogP contribution in [0.2, 0.25) is 0 Å². The van der Waals surface area contributed by atoms with Gasteiger partial charge in [-0.05, 0) is 36.8 Å². The molecule has 2 heterocycles. The molecule has 4 rings (SSSR count). The number of nitrogens with zero attached hydrogens (tertiary/aromatic N) is 3. The minimum atomic E-state index is -0.183. The maximum absolute atomic E-state index is 12.2. The lowest BCUT2D eigenvalue weighted by Crippen LogP contribution is -2.13. The molecule has 0 aliphatic carbocycles. The van der Waals surface area contributed by atoms with Gasteiger partial charge < -0.3 is 14.5 Å². The first-order chi connectivity index (χ1) is 13.6. The van der Waals surface area contributed by atoms with Gasteiger partial charge in [0.15, 0.2) is 5.13 Å². The Kier molecular flexibility index (Phi) is 5.27. The molecule has 9 heteroatoms. The van der Waals surface area contributed by atoms with Crippen LogP contribution < -0.4 is 10.1 Å². The summed E-state index contributed by atoms with van der Waals surface area (Å²) in [6.07, 6.45) is 0. The predicted molar refractivity (Wildman–Crippen MR) is 110 cm³/mol. The molecule has 2 aromatic carbocycles. The maximum Gasteiger partial charge on any atom is 0.277 e. The molecule has 0 saturated heterocycles. The standard InChI is InChI=1S/C19H16N4O3S2/c1-11-7-8-13-15(9-11)28-18(20-13)21-16(24)10-27-19-23-22-17(26-19)12-5-3-4-6-14(12)25-2/h3-9H,10H2,1-2H3,(H,20,21,24). The van der Waals surface area contributed by atoms with Crippen LogP contribution in [-0.2, 0) is 4.79 Å². The topological polar surface area (TPSA) is 90.1 Å². The second-order valence-corrected chi connectivity index (χ2v) is 7.86. The van der Waals surface area contributed by atoms with Crippen LogP contribution in [-0.4, -0.2) is 34.0 Å². The normalized spacial score (nSPS) is 10.9. The summed E-state index contributed by atoms with van der Waals surface area (Å²) in [6.45, 7) is 2.03. The van der Waals surface area contributed by atoms with Gasteiger partial charge >= 0.3 is 0 Å². The van der Waals surface area contributed by atoms with E-state index < -0.39 is 0 Å². The summed E-state index contributed by atoms with van der Waals surface area (Å²) >= 11 is 2.62. The van der Waals surface area contributed by atoms with Gasteiger partial charge in [-0.1, -0.05) is 41.3 Å². The zero-order chi connectivity index (χ0) is 19.5. The van der Waals surface area contributed by atoms with Gasteiger partial charge in [-0.3, -0.25) is 4.79 Å². The molecule has 1 amide bonds. The third kappa shape index (κ3) is 4.00. The van der Waals surface area contributed by atoms with Gasteiger partial charge in [-0.2, -0.15) is 0 Å². The van der Waals surface area contributed by atoms with E-state index in [2.05, 4.69) is 26.6 Å². The van der Waals surface area contributed by atoms with Crippen molar-refractivity contribution in [1.82, 2.24) is 15.2 Å². The summed E-state index contributed by atoms with van der Waals surface area (Å²) in [7, 11) is 1.58. The lowest BCUT2D eigenvalue weighted by Gasteiger charge is -2.03. The minimum Gasteiger partial charge on any atom is -0.496 e. The van der Waals surface area contributed by atoms with Gasteiger partial charge in [0, 0.05) is 0 Å². The van der Waals surface area contributed by atoms with Gasteiger partial charge in [0.25, 0.3) is 11.1 Å². The highest BCUT2D eigenvalue weighted by atomic mass is 32.2. The number of aromatic nitrogens is 3. The molecule has 7 nitrogen and oxygen atoms in total. The highest BCUT2D eigenvalue weighted by molar-refractivity contribution is 7.99. The fourth-order valence-corrected chi connectivity index (χ4v) is 4.11. The molecule has 28 heavy (non-hydrogen) atoms. The Hall–Kier alpha value is -2.91. The van der Waals surface area contributed by atoms with Crippen molar-refractivity contribution in [3.8, 4) is 17.2 Å². The van der Waals surface area contributed by atoms with Crippen LogP contribution in [0.15, 0.2) is 52.1 Å². The Balaban J connectivity index is 1.39. The van der Waals surface area contributed by atoms with Crippen LogP contribution in [0.3, 0.4) is 0 Å². The van der Waals surface area contributed by atoms with E-state index in [4.69, 9.17) is 9.15 Å². The predicted octanol–water partition coefficient (Wildman–Crippen LogP) is 4.39. The SMILES string of the molecule is COc1ccccc1-c1nnc(SCC(=O)Nc2nc3ccc(C)cc3s2)o1. The highest BCUT2D eigenvalue weighted by Crippen LogP contribution is 2.31. The third-order valence-corrected chi connectivity index (χ3v) is 5.61. The number of nitrogens with one attached hydrogen (secondary N) is 1. The maximum atomic E-state index is 12.2. The van der Waals surface area contributed by atoms with Crippen LogP contribution >= 0.6 is 23.1 Å². The molecule has 0 unspecified atom stereocenters. The van der Waals surface area contributed by atoms with Crippen LogP contribution in [0, 0.1) is 6.92 Å². The Morgan fingerprint density at radius 1 is 1.25 bits per heavy atom. The van der Waals surface area contributed by atoms with Gasteiger partial charge in [0.05, 0.1) is 28.6 Å². The molecular formula is C19H16N4O3S2. The molecule has 4 aromatic rings. The molecule has 142 valence electrons. The molecule has 1 N–H and O–H groups in total. The van der Waals surface area contributed by atoms with Crippen LogP contribution in [0.5, 0.6) is 5.75 Å². The molecule has 0 spiro atoms. The van der Waals surface area contributed by atoms with E-state index in [0.29, 0.717) is 27.6 Å². The fourth-order valence-electron chi connectivity index (χ4n) is 2.57. The molecular weight excluding hydrogens is 396 g/mol. The molecule has 0 bridgehead atoms. The number of hydrogen-bond donors (Lipinski definition) is 1. The number of carbonyl (C=O) groups excluding carboxylic acids is 1. The summed E-state index contributed by atoms with van der Waals surface area (Å²) in [5.41, 5.74) is 2.74. The van der Waals surface area contributed by atoms with E-state index in [1.165, 1.54) is 23.1 Å². The van der Waals surface area contributed by atoms with E-state index in [0.717, 1.165) is 15.8 Å². The van der Waals surface area contributed by atoms with Crippen molar-refractivity contribution in [3.05, 3.63) is 48.0 Å². The quantitative estimate of drug-likeness (QED) is 0.470. The Morgan fingerprint density at radius 3 is 2.96 bits per heavy atom. The average molecular weight is 412 g/mol. The minimum absolute atomic E-state index is 0.141. The number of ether oxygens (including phenoxy) is 1. The van der Waals surface area contributed by atoms with E-state index in [9.17, 15) is 4.79 Å². The second-order valence-electron chi connectivity index (χ2n) is 5.90. The van der Waals surface area contributed by atoms with E-state index in [1.54, 1.807) is 7.11 Å². The first-order valence-electron chi connectivity index (χ1n) is 8.39. The molecule has 0 fully saturated rings. The van der Waals surface area contributed by atoms with Crippen molar-refractivity contribution in [1.29, 1.82) is 0 Å². The number of thioether (sulfide) groups is 1. The van der Waals surface area contributed by atoms with Crippen molar-refractivity contribution in [2.45, 2.75) is 12.1 Å². The highest BCUT2D eigenvalue weighted by Gasteiger charge is 2.15.